The molecule has 0 spiro atoms. The molecule has 0 aromatic heterocycles. The summed E-state index contributed by atoms with van der Waals surface area (Å²) in [5, 5.41) is 0. The van der Waals surface area contributed by atoms with E-state index in [-0.39, 0.29) is 23.8 Å². The molecule has 2 unspecified atom stereocenters. The van der Waals surface area contributed by atoms with Crippen LogP contribution < -0.4 is 0 Å². The van der Waals surface area contributed by atoms with Crippen LogP contribution in [0.25, 0.3) is 0 Å². The second-order valence-corrected chi connectivity index (χ2v) is 7.26. The molecule has 0 aliphatic carbocycles. The minimum Gasteiger partial charge on any atom is -0.338 e. The van der Waals surface area contributed by atoms with Crippen molar-refractivity contribution in [2.75, 3.05) is 13.1 Å². The first-order valence-corrected chi connectivity index (χ1v) is 9.39. The van der Waals surface area contributed by atoms with Gasteiger partial charge in [-0.2, -0.15) is 0 Å². The Kier molecular flexibility index (Phi) is 4.74. The van der Waals surface area contributed by atoms with Crippen molar-refractivity contribution >= 4 is 11.8 Å². The number of nitrogens with zero attached hydrogens (tertiary/aromatic N) is 2. The number of rotatable bonds is 4. The van der Waals surface area contributed by atoms with Crippen LogP contribution in [0, 0.1) is 5.92 Å². The predicted octanol–water partition coefficient (Wildman–Crippen LogP) is 3.40. The summed E-state index contributed by atoms with van der Waals surface area (Å²) in [7, 11) is 0. The second kappa shape index (κ2) is 7.32. The Balaban J connectivity index is 1.44. The average molecular weight is 348 g/mol. The van der Waals surface area contributed by atoms with Crippen molar-refractivity contribution in [3.05, 3.63) is 71.8 Å². The van der Waals surface area contributed by atoms with E-state index < -0.39 is 0 Å². The molecule has 2 aromatic rings. The number of benzene rings is 2. The molecule has 4 rings (SSSR count). The summed E-state index contributed by atoms with van der Waals surface area (Å²) in [5.74, 6) is 0.0125. The van der Waals surface area contributed by atoms with Gasteiger partial charge in [0, 0.05) is 26.1 Å². The van der Waals surface area contributed by atoms with Crippen LogP contribution in [0.1, 0.15) is 36.4 Å². The van der Waals surface area contributed by atoms with Gasteiger partial charge in [-0.05, 0) is 24.0 Å². The summed E-state index contributed by atoms with van der Waals surface area (Å²) in [5.41, 5.74) is 2.31. The first-order chi connectivity index (χ1) is 12.7. The molecule has 134 valence electrons. The smallest absolute Gasteiger partial charge is 0.228 e. The maximum absolute atomic E-state index is 13.1. The van der Waals surface area contributed by atoms with Crippen molar-refractivity contribution in [2.24, 2.45) is 5.92 Å². The highest BCUT2D eigenvalue weighted by atomic mass is 16.2. The lowest BCUT2D eigenvalue weighted by Crippen LogP contribution is -2.37. The molecule has 0 N–H and O–H groups in total. The van der Waals surface area contributed by atoms with E-state index in [9.17, 15) is 9.59 Å². The molecule has 2 amide bonds. The van der Waals surface area contributed by atoms with Gasteiger partial charge in [-0.25, -0.2) is 0 Å². The minimum absolute atomic E-state index is 0.0858. The third-order valence-corrected chi connectivity index (χ3v) is 5.50. The van der Waals surface area contributed by atoms with Crippen LogP contribution in [0.2, 0.25) is 0 Å². The van der Waals surface area contributed by atoms with Gasteiger partial charge in [0.15, 0.2) is 0 Å². The molecule has 2 aliphatic rings. The zero-order chi connectivity index (χ0) is 17.9. The van der Waals surface area contributed by atoms with E-state index in [4.69, 9.17) is 0 Å². The average Bonchev–Trinajstić information content (AvgIpc) is 3.30. The number of likely N-dealkylation sites (tertiary alicyclic amines) is 2. The van der Waals surface area contributed by atoms with Gasteiger partial charge in [-0.3, -0.25) is 9.59 Å². The number of carbonyl (C=O) groups is 2. The fraction of sp³-hybridized carbons (Fsp3) is 0.364. The van der Waals surface area contributed by atoms with Crippen LogP contribution in [0.5, 0.6) is 0 Å². The Morgan fingerprint density at radius 3 is 2.42 bits per heavy atom. The van der Waals surface area contributed by atoms with Gasteiger partial charge in [-0.15, -0.1) is 0 Å². The number of carbonyl (C=O) groups excluding carboxylic acids is 2. The third-order valence-electron chi connectivity index (χ3n) is 5.50. The lowest BCUT2D eigenvalue weighted by atomic mass is 10.0. The Hall–Kier alpha value is -2.62. The van der Waals surface area contributed by atoms with Crippen molar-refractivity contribution in [1.29, 1.82) is 0 Å². The Morgan fingerprint density at radius 1 is 1.00 bits per heavy atom. The minimum atomic E-state index is -0.212. The molecule has 0 radical (unpaired) electrons. The lowest BCUT2D eigenvalue weighted by molar-refractivity contribution is -0.136. The lowest BCUT2D eigenvalue weighted by Gasteiger charge is -2.27. The third kappa shape index (κ3) is 3.36. The molecule has 0 saturated carbocycles. The zero-order valence-corrected chi connectivity index (χ0v) is 14.9. The number of hydrogen-bond donors (Lipinski definition) is 0. The van der Waals surface area contributed by atoms with Gasteiger partial charge in [0.25, 0.3) is 0 Å². The van der Waals surface area contributed by atoms with E-state index in [1.807, 2.05) is 58.3 Å². The number of hydrogen-bond acceptors (Lipinski definition) is 2. The molecular formula is C22H24N2O2. The van der Waals surface area contributed by atoms with Crippen molar-refractivity contribution in [3.8, 4) is 0 Å². The van der Waals surface area contributed by atoms with Gasteiger partial charge < -0.3 is 9.80 Å². The summed E-state index contributed by atoms with van der Waals surface area (Å²) in [6.07, 6.45) is 2.37. The number of amides is 2. The van der Waals surface area contributed by atoms with Crippen LogP contribution in [0.3, 0.4) is 0 Å². The maximum atomic E-state index is 13.1. The zero-order valence-electron chi connectivity index (χ0n) is 14.9. The molecule has 0 bridgehead atoms. The van der Waals surface area contributed by atoms with Crippen LogP contribution in [-0.4, -0.2) is 34.7 Å². The van der Waals surface area contributed by atoms with Crippen LogP contribution >= 0.6 is 0 Å². The van der Waals surface area contributed by atoms with Crippen molar-refractivity contribution in [1.82, 2.24) is 9.80 Å². The fourth-order valence-corrected chi connectivity index (χ4v) is 4.18. The summed E-state index contributed by atoms with van der Waals surface area (Å²) < 4.78 is 0. The Morgan fingerprint density at radius 2 is 1.69 bits per heavy atom. The molecular weight excluding hydrogens is 324 g/mol. The molecule has 2 aromatic carbocycles. The van der Waals surface area contributed by atoms with E-state index >= 15 is 0 Å². The summed E-state index contributed by atoms with van der Waals surface area (Å²) in [6.45, 7) is 1.91. The highest BCUT2D eigenvalue weighted by Gasteiger charge is 2.40. The Labute approximate surface area is 154 Å². The SMILES string of the molecule is O=C1CC(C(=O)N2CCCC2c2ccccc2)CN1Cc1ccccc1. The summed E-state index contributed by atoms with van der Waals surface area (Å²) >= 11 is 0. The fourth-order valence-electron chi connectivity index (χ4n) is 4.18. The van der Waals surface area contributed by atoms with Crippen molar-refractivity contribution < 1.29 is 9.59 Å². The van der Waals surface area contributed by atoms with Gasteiger partial charge in [0.05, 0.1) is 12.0 Å². The summed E-state index contributed by atoms with van der Waals surface area (Å²) in [6, 6.07) is 20.4. The topological polar surface area (TPSA) is 40.6 Å². The molecule has 2 atom stereocenters. The molecule has 26 heavy (non-hydrogen) atoms. The van der Waals surface area contributed by atoms with Crippen LogP contribution in [0.4, 0.5) is 0 Å². The molecule has 4 heteroatoms. The van der Waals surface area contributed by atoms with E-state index in [0.29, 0.717) is 19.5 Å². The van der Waals surface area contributed by atoms with Gasteiger partial charge in [0.1, 0.15) is 0 Å². The molecule has 2 heterocycles. The van der Waals surface area contributed by atoms with Gasteiger partial charge in [0.2, 0.25) is 11.8 Å². The van der Waals surface area contributed by atoms with Gasteiger partial charge in [-0.1, -0.05) is 60.7 Å². The largest absolute Gasteiger partial charge is 0.338 e. The van der Waals surface area contributed by atoms with Crippen molar-refractivity contribution in [2.45, 2.75) is 31.8 Å². The normalized spacial score (nSPS) is 22.8. The highest BCUT2D eigenvalue weighted by Crippen LogP contribution is 2.34. The standard InChI is InChI=1S/C22H24N2O2/c25-21-14-19(16-23(21)15-17-8-3-1-4-9-17)22(26)24-13-7-12-20(24)18-10-5-2-6-11-18/h1-6,8-11,19-20H,7,12-16H2. The van der Waals surface area contributed by atoms with E-state index in [0.717, 1.165) is 24.9 Å². The predicted molar refractivity (Wildman–Crippen MR) is 100 cm³/mol. The summed E-state index contributed by atoms with van der Waals surface area (Å²) in [4.78, 5) is 29.4. The Bertz CT molecular complexity index is 775. The van der Waals surface area contributed by atoms with Crippen molar-refractivity contribution in [3.63, 3.8) is 0 Å². The highest BCUT2D eigenvalue weighted by molar-refractivity contribution is 5.89. The van der Waals surface area contributed by atoms with Crippen LogP contribution in [0.15, 0.2) is 60.7 Å². The quantitative estimate of drug-likeness (QED) is 0.850. The van der Waals surface area contributed by atoms with E-state index in [1.54, 1.807) is 0 Å². The van der Waals surface area contributed by atoms with Crippen LogP contribution in [-0.2, 0) is 16.1 Å². The van der Waals surface area contributed by atoms with Gasteiger partial charge >= 0.3 is 0 Å². The molecule has 2 fully saturated rings. The van der Waals surface area contributed by atoms with E-state index in [2.05, 4.69) is 12.1 Å². The first-order valence-electron chi connectivity index (χ1n) is 9.39. The molecule has 4 nitrogen and oxygen atoms in total. The first kappa shape index (κ1) is 16.8. The van der Waals surface area contributed by atoms with E-state index in [1.165, 1.54) is 5.56 Å². The molecule has 2 aliphatic heterocycles. The molecule has 2 saturated heterocycles. The maximum Gasteiger partial charge on any atom is 0.228 e. The second-order valence-electron chi connectivity index (χ2n) is 7.26. The monoisotopic (exact) mass is 348 g/mol.